The predicted octanol–water partition coefficient (Wildman–Crippen LogP) is 4.40. The van der Waals surface area contributed by atoms with Gasteiger partial charge in [-0.3, -0.25) is 9.55 Å². The lowest BCUT2D eigenvalue weighted by atomic mass is 9.92. The molecule has 158 valence electrons. The molecular weight excluding hydrogens is 391 g/mol. The summed E-state index contributed by atoms with van der Waals surface area (Å²) in [4.78, 5) is 4.40. The van der Waals surface area contributed by atoms with Crippen molar-refractivity contribution in [3.05, 3.63) is 65.9 Å². The molecule has 7 heteroatoms. The van der Waals surface area contributed by atoms with Gasteiger partial charge in [0.05, 0.1) is 23.1 Å². The van der Waals surface area contributed by atoms with E-state index in [2.05, 4.69) is 37.3 Å². The molecule has 6 rings (SSSR count). The summed E-state index contributed by atoms with van der Waals surface area (Å²) in [5.74, 6) is 2.31. The summed E-state index contributed by atoms with van der Waals surface area (Å²) in [7, 11) is 0. The fourth-order valence-electron chi connectivity index (χ4n) is 4.90. The molecule has 2 fully saturated rings. The number of aryl methyl sites for hydroxylation is 1. The van der Waals surface area contributed by atoms with Gasteiger partial charge in [0, 0.05) is 36.3 Å². The zero-order chi connectivity index (χ0) is 20.9. The van der Waals surface area contributed by atoms with Crippen LogP contribution in [0.3, 0.4) is 0 Å². The van der Waals surface area contributed by atoms with Crippen LogP contribution >= 0.6 is 0 Å². The molecule has 4 aromatic rings. The van der Waals surface area contributed by atoms with Crippen LogP contribution in [0.1, 0.15) is 54.7 Å². The number of pyridine rings is 1. The van der Waals surface area contributed by atoms with E-state index in [4.69, 9.17) is 0 Å². The Labute approximate surface area is 180 Å². The van der Waals surface area contributed by atoms with Gasteiger partial charge in [-0.1, -0.05) is 0 Å². The van der Waals surface area contributed by atoms with Crippen molar-refractivity contribution >= 4 is 10.9 Å². The number of aromatic nitrogens is 5. The summed E-state index contributed by atoms with van der Waals surface area (Å²) in [6, 6.07) is 7.08. The number of nitrogens with zero attached hydrogens (tertiary/aromatic N) is 5. The van der Waals surface area contributed by atoms with Crippen LogP contribution in [0.5, 0.6) is 0 Å². The molecule has 0 amide bonds. The number of rotatable bonds is 4. The second kappa shape index (κ2) is 7.27. The van der Waals surface area contributed by atoms with E-state index in [1.54, 1.807) is 6.07 Å². The molecule has 31 heavy (non-hydrogen) atoms. The largest absolute Gasteiger partial charge is 0.316 e. The van der Waals surface area contributed by atoms with Crippen molar-refractivity contribution in [3.63, 3.8) is 0 Å². The fourth-order valence-corrected chi connectivity index (χ4v) is 4.90. The molecule has 6 nitrogen and oxygen atoms in total. The van der Waals surface area contributed by atoms with Crippen molar-refractivity contribution in [2.24, 2.45) is 0 Å². The van der Waals surface area contributed by atoms with Crippen LogP contribution in [-0.4, -0.2) is 37.4 Å². The van der Waals surface area contributed by atoms with Crippen molar-refractivity contribution in [1.82, 2.24) is 29.6 Å². The highest BCUT2D eigenvalue weighted by molar-refractivity contribution is 5.86. The highest BCUT2D eigenvalue weighted by atomic mass is 19.1. The first-order valence-corrected chi connectivity index (χ1v) is 11.1. The number of halogens is 1. The second-order valence-electron chi connectivity index (χ2n) is 8.74. The van der Waals surface area contributed by atoms with Crippen molar-refractivity contribution in [1.29, 1.82) is 0 Å². The molecule has 3 aromatic heterocycles. The van der Waals surface area contributed by atoms with Crippen LogP contribution in [0.4, 0.5) is 4.39 Å². The second-order valence-corrected chi connectivity index (χ2v) is 8.74. The molecule has 1 aliphatic heterocycles. The van der Waals surface area contributed by atoms with E-state index in [1.807, 2.05) is 30.0 Å². The maximum atomic E-state index is 14.5. The molecule has 1 aliphatic carbocycles. The third kappa shape index (κ3) is 3.15. The first-order valence-electron chi connectivity index (χ1n) is 11.1. The summed E-state index contributed by atoms with van der Waals surface area (Å²) in [5.41, 5.74) is 4.05. The highest BCUT2D eigenvalue weighted by Gasteiger charge is 2.31. The molecule has 1 aromatic carbocycles. The zero-order valence-corrected chi connectivity index (χ0v) is 17.6. The van der Waals surface area contributed by atoms with Crippen LogP contribution in [0.15, 0.2) is 42.9 Å². The van der Waals surface area contributed by atoms with Crippen molar-refractivity contribution in [2.45, 2.75) is 44.4 Å². The number of hydrogen-bond donors (Lipinski definition) is 1. The SMILES string of the molecule is Cc1nnc(C2CC2)n1-c1cc(F)ccc1-n1cc(C2CCCNC2)c2ccncc21. The normalized spacial score (nSPS) is 19.2. The van der Waals surface area contributed by atoms with Crippen LogP contribution in [0.2, 0.25) is 0 Å². The minimum absolute atomic E-state index is 0.264. The summed E-state index contributed by atoms with van der Waals surface area (Å²) in [6.45, 7) is 3.99. The van der Waals surface area contributed by atoms with Crippen molar-refractivity contribution in [3.8, 4) is 11.4 Å². The Bertz CT molecular complexity index is 1260. The van der Waals surface area contributed by atoms with Crippen molar-refractivity contribution in [2.75, 3.05) is 13.1 Å². The minimum Gasteiger partial charge on any atom is -0.316 e. The Morgan fingerprint density at radius 3 is 2.77 bits per heavy atom. The average molecular weight is 417 g/mol. The van der Waals surface area contributed by atoms with Gasteiger partial charge < -0.3 is 9.88 Å². The number of fused-ring (bicyclic) bond motifs is 1. The van der Waals surface area contributed by atoms with Gasteiger partial charge in [0.2, 0.25) is 0 Å². The van der Waals surface area contributed by atoms with E-state index in [0.717, 1.165) is 54.5 Å². The van der Waals surface area contributed by atoms with Gasteiger partial charge in [-0.15, -0.1) is 10.2 Å². The molecule has 0 spiro atoms. The molecule has 1 atom stereocenters. The molecule has 0 radical (unpaired) electrons. The highest BCUT2D eigenvalue weighted by Crippen LogP contribution is 2.41. The third-order valence-corrected chi connectivity index (χ3v) is 6.61. The summed E-state index contributed by atoms with van der Waals surface area (Å²) >= 11 is 0. The molecule has 1 saturated carbocycles. The van der Waals surface area contributed by atoms with Gasteiger partial charge in [-0.2, -0.15) is 0 Å². The van der Waals surface area contributed by atoms with Crippen LogP contribution in [0.25, 0.3) is 22.3 Å². The van der Waals surface area contributed by atoms with Gasteiger partial charge in [0.25, 0.3) is 0 Å². The summed E-state index contributed by atoms with van der Waals surface area (Å²) in [6.07, 6.45) is 10.5. The monoisotopic (exact) mass is 416 g/mol. The Kier molecular flexibility index (Phi) is 4.38. The Balaban J connectivity index is 1.57. The smallest absolute Gasteiger partial charge is 0.140 e. The zero-order valence-electron chi connectivity index (χ0n) is 17.6. The summed E-state index contributed by atoms with van der Waals surface area (Å²) < 4.78 is 18.7. The van der Waals surface area contributed by atoms with Gasteiger partial charge >= 0.3 is 0 Å². The van der Waals surface area contributed by atoms with Crippen LogP contribution in [0, 0.1) is 12.7 Å². The van der Waals surface area contributed by atoms with E-state index in [-0.39, 0.29) is 5.82 Å². The lowest BCUT2D eigenvalue weighted by Gasteiger charge is -2.22. The van der Waals surface area contributed by atoms with Crippen molar-refractivity contribution < 1.29 is 4.39 Å². The molecule has 1 unspecified atom stereocenters. The first kappa shape index (κ1) is 18.7. The Morgan fingerprint density at radius 1 is 1.06 bits per heavy atom. The standard InChI is InChI=1S/C24H25FN6/c1-15-28-29-24(16-4-5-16)31(15)22-11-18(25)6-7-21(22)30-14-20(17-3-2-9-26-12-17)19-8-10-27-13-23(19)30/h6-8,10-11,13-14,16-17,26H,2-5,9,12H2,1H3. The first-order chi connectivity index (χ1) is 15.2. The van der Waals surface area contributed by atoms with E-state index in [9.17, 15) is 4.39 Å². The van der Waals surface area contributed by atoms with Crippen LogP contribution in [-0.2, 0) is 0 Å². The molecule has 2 aliphatic rings. The maximum absolute atomic E-state index is 14.5. The topological polar surface area (TPSA) is 60.6 Å². The minimum atomic E-state index is -0.264. The number of benzene rings is 1. The number of piperidine rings is 1. The Morgan fingerprint density at radius 2 is 1.97 bits per heavy atom. The lowest BCUT2D eigenvalue weighted by Crippen LogP contribution is -2.28. The molecule has 1 N–H and O–H groups in total. The van der Waals surface area contributed by atoms with Gasteiger partial charge in [0.15, 0.2) is 0 Å². The quantitative estimate of drug-likeness (QED) is 0.536. The van der Waals surface area contributed by atoms with E-state index >= 15 is 0 Å². The number of nitrogens with one attached hydrogen (secondary N) is 1. The number of hydrogen-bond acceptors (Lipinski definition) is 4. The van der Waals surface area contributed by atoms with Gasteiger partial charge in [-0.05, 0) is 68.8 Å². The predicted molar refractivity (Wildman–Crippen MR) is 118 cm³/mol. The third-order valence-electron chi connectivity index (χ3n) is 6.61. The van der Waals surface area contributed by atoms with Gasteiger partial charge in [-0.25, -0.2) is 4.39 Å². The summed E-state index contributed by atoms with van der Waals surface area (Å²) in [5, 5.41) is 13.5. The average Bonchev–Trinajstić information content (AvgIpc) is 3.47. The van der Waals surface area contributed by atoms with Crippen LogP contribution < -0.4 is 5.32 Å². The van der Waals surface area contributed by atoms with Gasteiger partial charge in [0.1, 0.15) is 17.5 Å². The van der Waals surface area contributed by atoms with E-state index in [0.29, 0.717) is 11.8 Å². The van der Waals surface area contributed by atoms with E-state index < -0.39 is 0 Å². The maximum Gasteiger partial charge on any atom is 0.140 e. The molecule has 0 bridgehead atoms. The lowest BCUT2D eigenvalue weighted by molar-refractivity contribution is 0.463. The Hall–Kier alpha value is -3.06. The van der Waals surface area contributed by atoms with E-state index in [1.165, 1.54) is 29.9 Å². The molecular formula is C24H25FN6. The molecule has 1 saturated heterocycles. The fraction of sp³-hybridized carbons (Fsp3) is 0.375. The molecule has 4 heterocycles.